The van der Waals surface area contributed by atoms with Crippen molar-refractivity contribution in [3.05, 3.63) is 28.8 Å². The summed E-state index contributed by atoms with van der Waals surface area (Å²) in [6.45, 7) is 6.68. The van der Waals surface area contributed by atoms with Crippen LogP contribution in [0, 0.1) is 5.92 Å². The molecule has 0 saturated carbocycles. The minimum absolute atomic E-state index is 0.231. The number of hydrogen-bond donors (Lipinski definition) is 1. The zero-order chi connectivity index (χ0) is 13.8. The average molecular weight is 282 g/mol. The lowest BCUT2D eigenvalue weighted by atomic mass is 9.98. The number of aromatic hydroxyl groups is 1. The zero-order valence-electron chi connectivity index (χ0n) is 11.9. The van der Waals surface area contributed by atoms with E-state index in [2.05, 4.69) is 18.7 Å². The van der Waals surface area contributed by atoms with Gasteiger partial charge in [-0.3, -0.25) is 4.90 Å². The van der Waals surface area contributed by atoms with Crippen molar-refractivity contribution in [3.8, 4) is 5.75 Å². The molecule has 1 heterocycles. The van der Waals surface area contributed by atoms with E-state index in [1.807, 2.05) is 6.07 Å². The van der Waals surface area contributed by atoms with Gasteiger partial charge < -0.3 is 5.11 Å². The highest BCUT2D eigenvalue weighted by Gasteiger charge is 2.22. The Morgan fingerprint density at radius 2 is 2.16 bits per heavy atom. The molecule has 19 heavy (non-hydrogen) atoms. The van der Waals surface area contributed by atoms with Crippen LogP contribution in [0.5, 0.6) is 5.75 Å². The van der Waals surface area contributed by atoms with Gasteiger partial charge in [0.25, 0.3) is 0 Å². The van der Waals surface area contributed by atoms with Gasteiger partial charge in [-0.1, -0.05) is 24.9 Å². The summed E-state index contributed by atoms with van der Waals surface area (Å²) < 4.78 is 0. The lowest BCUT2D eigenvalue weighted by molar-refractivity contribution is 0.212. The van der Waals surface area contributed by atoms with E-state index in [9.17, 15) is 5.11 Å². The van der Waals surface area contributed by atoms with E-state index in [-0.39, 0.29) is 6.04 Å². The third kappa shape index (κ3) is 3.64. The first-order valence-electron chi connectivity index (χ1n) is 7.34. The Morgan fingerprint density at radius 1 is 1.37 bits per heavy atom. The molecule has 1 aliphatic heterocycles. The number of likely N-dealkylation sites (tertiary alicyclic amines) is 1. The molecule has 0 spiro atoms. The molecule has 1 aromatic carbocycles. The van der Waals surface area contributed by atoms with Gasteiger partial charge in [0.2, 0.25) is 0 Å². The Kier molecular flexibility index (Phi) is 5.12. The van der Waals surface area contributed by atoms with Crippen molar-refractivity contribution in [3.63, 3.8) is 0 Å². The molecule has 2 nitrogen and oxygen atoms in total. The van der Waals surface area contributed by atoms with Crippen LogP contribution in [0.1, 0.15) is 51.1 Å². The third-order valence-electron chi connectivity index (χ3n) is 4.45. The van der Waals surface area contributed by atoms with Gasteiger partial charge in [-0.05, 0) is 63.4 Å². The van der Waals surface area contributed by atoms with Crippen LogP contribution in [-0.4, -0.2) is 23.1 Å². The van der Waals surface area contributed by atoms with Crippen LogP contribution >= 0.6 is 11.6 Å². The fourth-order valence-electron chi connectivity index (χ4n) is 3.04. The summed E-state index contributed by atoms with van der Waals surface area (Å²) in [5.41, 5.74) is 0.947. The summed E-state index contributed by atoms with van der Waals surface area (Å²) in [6.07, 6.45) is 5.14. The molecule has 2 unspecified atom stereocenters. The highest BCUT2D eigenvalue weighted by Crippen LogP contribution is 2.33. The molecular formula is C16H24ClNO. The van der Waals surface area contributed by atoms with Crippen LogP contribution in [-0.2, 0) is 0 Å². The predicted octanol–water partition coefficient (Wildman–Crippen LogP) is 4.62. The van der Waals surface area contributed by atoms with Crippen molar-refractivity contribution in [2.75, 3.05) is 13.1 Å². The Labute approximate surface area is 121 Å². The number of benzene rings is 1. The molecule has 2 rings (SSSR count). The first kappa shape index (κ1) is 14.7. The molecule has 1 saturated heterocycles. The summed E-state index contributed by atoms with van der Waals surface area (Å²) >= 11 is 6.05. The number of nitrogens with zero attached hydrogens (tertiary/aromatic N) is 1. The van der Waals surface area contributed by atoms with E-state index >= 15 is 0 Å². The smallest absolute Gasteiger partial charge is 0.120 e. The van der Waals surface area contributed by atoms with E-state index in [1.54, 1.807) is 12.1 Å². The molecule has 106 valence electrons. The van der Waals surface area contributed by atoms with Crippen molar-refractivity contribution >= 4 is 11.6 Å². The highest BCUT2D eigenvalue weighted by molar-refractivity contribution is 6.30. The second kappa shape index (κ2) is 6.62. The number of halogens is 1. The minimum atomic E-state index is 0.231. The molecule has 0 aromatic heterocycles. The third-order valence-corrected chi connectivity index (χ3v) is 4.68. The van der Waals surface area contributed by atoms with Crippen LogP contribution in [0.25, 0.3) is 0 Å². The Hall–Kier alpha value is -0.730. The lowest BCUT2D eigenvalue weighted by Crippen LogP contribution is -2.28. The molecule has 0 amide bonds. The summed E-state index contributed by atoms with van der Waals surface area (Å²) in [5.74, 6) is 1.22. The number of rotatable bonds is 3. The van der Waals surface area contributed by atoms with E-state index in [0.29, 0.717) is 10.8 Å². The highest BCUT2D eigenvalue weighted by atomic mass is 35.5. The summed E-state index contributed by atoms with van der Waals surface area (Å²) in [5, 5.41) is 10.7. The lowest BCUT2D eigenvalue weighted by Gasteiger charge is -2.28. The maximum absolute atomic E-state index is 10.0. The van der Waals surface area contributed by atoms with Crippen molar-refractivity contribution in [2.45, 2.75) is 45.6 Å². The van der Waals surface area contributed by atoms with Gasteiger partial charge in [0.15, 0.2) is 0 Å². The molecule has 0 radical (unpaired) electrons. The number of phenols is 1. The fraction of sp³-hybridized carbons (Fsp3) is 0.625. The topological polar surface area (TPSA) is 23.5 Å². The molecule has 0 bridgehead atoms. The van der Waals surface area contributed by atoms with Crippen LogP contribution in [0.4, 0.5) is 0 Å². The molecule has 1 fully saturated rings. The Balaban J connectivity index is 2.10. The first-order valence-corrected chi connectivity index (χ1v) is 7.72. The molecule has 1 aliphatic rings. The SMILES string of the molecule is CCC1CCCN(C(C)c2cc(Cl)ccc2O)CC1. The van der Waals surface area contributed by atoms with Gasteiger partial charge in [0.05, 0.1) is 0 Å². The van der Waals surface area contributed by atoms with Crippen LogP contribution < -0.4 is 0 Å². The maximum Gasteiger partial charge on any atom is 0.120 e. The quantitative estimate of drug-likeness (QED) is 0.874. The monoisotopic (exact) mass is 281 g/mol. The number of hydrogen-bond acceptors (Lipinski definition) is 2. The van der Waals surface area contributed by atoms with Crippen LogP contribution in [0.15, 0.2) is 18.2 Å². The second-order valence-electron chi connectivity index (χ2n) is 5.62. The van der Waals surface area contributed by atoms with E-state index < -0.39 is 0 Å². The molecule has 1 aromatic rings. The zero-order valence-corrected chi connectivity index (χ0v) is 12.7. The predicted molar refractivity (Wildman–Crippen MR) is 80.7 cm³/mol. The van der Waals surface area contributed by atoms with Crippen molar-refractivity contribution in [1.29, 1.82) is 0 Å². The van der Waals surface area contributed by atoms with Gasteiger partial charge >= 0.3 is 0 Å². The Bertz CT molecular complexity index is 421. The fourth-order valence-corrected chi connectivity index (χ4v) is 3.22. The van der Waals surface area contributed by atoms with Gasteiger partial charge in [0, 0.05) is 16.6 Å². The molecule has 1 N–H and O–H groups in total. The molecule has 3 heteroatoms. The normalized spacial score (nSPS) is 23.0. The van der Waals surface area contributed by atoms with E-state index in [1.165, 1.54) is 25.7 Å². The second-order valence-corrected chi connectivity index (χ2v) is 6.06. The van der Waals surface area contributed by atoms with Gasteiger partial charge in [0.1, 0.15) is 5.75 Å². The van der Waals surface area contributed by atoms with Crippen molar-refractivity contribution < 1.29 is 5.11 Å². The van der Waals surface area contributed by atoms with Gasteiger partial charge in [-0.15, -0.1) is 0 Å². The summed E-state index contributed by atoms with van der Waals surface area (Å²) in [4.78, 5) is 2.47. The van der Waals surface area contributed by atoms with E-state index in [0.717, 1.165) is 24.6 Å². The number of phenolic OH excluding ortho intramolecular Hbond substituents is 1. The average Bonchev–Trinajstić information content (AvgIpc) is 2.66. The van der Waals surface area contributed by atoms with Crippen LogP contribution in [0.2, 0.25) is 5.02 Å². The first-order chi connectivity index (χ1) is 9.11. The standard InChI is InChI=1S/C16H24ClNO/c1-3-13-5-4-9-18(10-8-13)12(2)15-11-14(17)6-7-16(15)19/h6-7,11-13,19H,3-5,8-10H2,1-2H3. The van der Waals surface area contributed by atoms with Gasteiger partial charge in [-0.2, -0.15) is 0 Å². The summed E-state index contributed by atoms with van der Waals surface area (Å²) in [7, 11) is 0. The largest absolute Gasteiger partial charge is 0.508 e. The molecule has 0 aliphatic carbocycles. The minimum Gasteiger partial charge on any atom is -0.508 e. The maximum atomic E-state index is 10.0. The van der Waals surface area contributed by atoms with E-state index in [4.69, 9.17) is 11.6 Å². The van der Waals surface area contributed by atoms with Crippen molar-refractivity contribution in [2.24, 2.45) is 5.92 Å². The molecule has 2 atom stereocenters. The Morgan fingerprint density at radius 3 is 2.89 bits per heavy atom. The summed E-state index contributed by atoms with van der Waals surface area (Å²) in [6, 6.07) is 5.56. The van der Waals surface area contributed by atoms with Crippen LogP contribution in [0.3, 0.4) is 0 Å². The van der Waals surface area contributed by atoms with Crippen molar-refractivity contribution in [1.82, 2.24) is 4.90 Å². The van der Waals surface area contributed by atoms with Gasteiger partial charge in [-0.25, -0.2) is 0 Å². The molecular weight excluding hydrogens is 258 g/mol.